The summed E-state index contributed by atoms with van der Waals surface area (Å²) in [6.45, 7) is 0. The summed E-state index contributed by atoms with van der Waals surface area (Å²) < 4.78 is 0. The zero-order valence-electron chi connectivity index (χ0n) is 13.8. The van der Waals surface area contributed by atoms with Crippen LogP contribution in [0.3, 0.4) is 0 Å². The molecule has 0 aliphatic rings. The van der Waals surface area contributed by atoms with Crippen LogP contribution < -0.4 is 0 Å². The van der Waals surface area contributed by atoms with E-state index in [0.717, 1.165) is 22.3 Å². The van der Waals surface area contributed by atoms with Gasteiger partial charge in [0.2, 0.25) is 0 Å². The SMILES string of the molecule is N#CC(Cc1c(-c2ccccc2)[nH]c2ccccc12)c1ccccc1. The highest BCUT2D eigenvalue weighted by Crippen LogP contribution is 2.34. The first-order valence-electron chi connectivity index (χ1n) is 8.46. The second-order valence-electron chi connectivity index (χ2n) is 6.19. The van der Waals surface area contributed by atoms with Crippen LogP contribution in [-0.2, 0) is 6.42 Å². The highest BCUT2D eigenvalue weighted by atomic mass is 14.7. The number of nitriles is 1. The van der Waals surface area contributed by atoms with Crippen molar-refractivity contribution < 1.29 is 0 Å². The summed E-state index contributed by atoms with van der Waals surface area (Å²) in [5.74, 6) is -0.164. The van der Waals surface area contributed by atoms with Crippen molar-refractivity contribution in [2.45, 2.75) is 12.3 Å². The van der Waals surface area contributed by atoms with Crippen molar-refractivity contribution in [1.82, 2.24) is 4.98 Å². The number of hydrogen-bond donors (Lipinski definition) is 1. The van der Waals surface area contributed by atoms with Crippen molar-refractivity contribution in [2.75, 3.05) is 0 Å². The molecule has 0 fully saturated rings. The van der Waals surface area contributed by atoms with Crippen molar-refractivity contribution in [3.05, 3.63) is 96.1 Å². The first kappa shape index (κ1) is 15.2. The second-order valence-corrected chi connectivity index (χ2v) is 6.19. The number of nitrogens with one attached hydrogen (secondary N) is 1. The smallest absolute Gasteiger partial charge is 0.0754 e. The van der Waals surface area contributed by atoms with Crippen LogP contribution in [0.15, 0.2) is 84.9 Å². The molecule has 0 spiro atoms. The average Bonchev–Trinajstić information content (AvgIpc) is 3.06. The largest absolute Gasteiger partial charge is 0.354 e. The van der Waals surface area contributed by atoms with Gasteiger partial charge in [-0.15, -0.1) is 0 Å². The summed E-state index contributed by atoms with van der Waals surface area (Å²) in [4.78, 5) is 3.55. The first-order valence-corrected chi connectivity index (χ1v) is 8.46. The Balaban J connectivity index is 1.84. The fourth-order valence-corrected chi connectivity index (χ4v) is 3.39. The maximum Gasteiger partial charge on any atom is 0.0754 e. The number of aromatic nitrogens is 1. The van der Waals surface area contributed by atoms with Crippen LogP contribution >= 0.6 is 0 Å². The van der Waals surface area contributed by atoms with Gasteiger partial charge in [-0.2, -0.15) is 5.26 Å². The van der Waals surface area contributed by atoms with Crippen LogP contribution in [0, 0.1) is 11.3 Å². The summed E-state index contributed by atoms with van der Waals surface area (Å²) in [5.41, 5.74) is 5.64. The van der Waals surface area contributed by atoms with Gasteiger partial charge in [-0.25, -0.2) is 0 Å². The summed E-state index contributed by atoms with van der Waals surface area (Å²) in [5, 5.41) is 10.9. The highest BCUT2D eigenvalue weighted by Gasteiger charge is 2.18. The van der Waals surface area contributed by atoms with Crippen molar-refractivity contribution in [2.24, 2.45) is 0 Å². The monoisotopic (exact) mass is 322 g/mol. The number of hydrogen-bond acceptors (Lipinski definition) is 1. The average molecular weight is 322 g/mol. The van der Waals surface area contributed by atoms with Gasteiger partial charge in [-0.3, -0.25) is 0 Å². The van der Waals surface area contributed by atoms with Crippen molar-refractivity contribution in [1.29, 1.82) is 5.26 Å². The first-order chi connectivity index (χ1) is 12.4. The lowest BCUT2D eigenvalue weighted by atomic mass is 9.90. The molecule has 2 heteroatoms. The zero-order valence-corrected chi connectivity index (χ0v) is 13.8. The number of aromatic amines is 1. The molecule has 0 aliphatic heterocycles. The standard InChI is InChI=1S/C23H18N2/c24-16-19(17-9-3-1-4-10-17)15-21-20-13-7-8-14-22(20)25-23(21)18-11-5-2-6-12-18/h1-14,19,25H,15H2. The fourth-order valence-electron chi connectivity index (χ4n) is 3.39. The Morgan fingerprint density at radius 2 is 1.44 bits per heavy atom. The molecule has 0 saturated carbocycles. The summed E-state index contributed by atoms with van der Waals surface area (Å²) in [6, 6.07) is 31.2. The van der Waals surface area contributed by atoms with Gasteiger partial charge in [0.1, 0.15) is 0 Å². The molecular formula is C23H18N2. The minimum absolute atomic E-state index is 0.164. The van der Waals surface area contributed by atoms with Gasteiger partial charge in [0.25, 0.3) is 0 Å². The van der Waals surface area contributed by atoms with Crippen LogP contribution in [0.1, 0.15) is 17.0 Å². The van der Waals surface area contributed by atoms with E-state index in [4.69, 9.17) is 0 Å². The summed E-state index contributed by atoms with van der Waals surface area (Å²) >= 11 is 0. The van der Waals surface area contributed by atoms with Gasteiger partial charge in [0.05, 0.1) is 12.0 Å². The molecule has 0 amide bonds. The molecule has 1 heterocycles. The van der Waals surface area contributed by atoms with E-state index in [1.54, 1.807) is 0 Å². The van der Waals surface area contributed by atoms with Gasteiger partial charge >= 0.3 is 0 Å². The molecule has 120 valence electrons. The van der Waals surface area contributed by atoms with Gasteiger partial charge in [0.15, 0.2) is 0 Å². The van der Waals surface area contributed by atoms with E-state index in [1.165, 1.54) is 10.9 Å². The third-order valence-corrected chi connectivity index (χ3v) is 4.64. The van der Waals surface area contributed by atoms with Gasteiger partial charge < -0.3 is 4.98 Å². The van der Waals surface area contributed by atoms with E-state index in [0.29, 0.717) is 6.42 Å². The molecule has 0 bridgehead atoms. The Bertz CT molecular complexity index is 1020. The second kappa shape index (κ2) is 6.67. The molecule has 3 aromatic carbocycles. The molecule has 1 atom stereocenters. The van der Waals surface area contributed by atoms with E-state index in [-0.39, 0.29) is 5.92 Å². The van der Waals surface area contributed by atoms with Crippen molar-refractivity contribution in [3.63, 3.8) is 0 Å². The molecule has 4 aromatic rings. The third-order valence-electron chi connectivity index (χ3n) is 4.64. The van der Waals surface area contributed by atoms with Gasteiger partial charge in [-0.1, -0.05) is 78.9 Å². The third kappa shape index (κ3) is 2.93. The predicted molar refractivity (Wildman–Crippen MR) is 102 cm³/mol. The maximum absolute atomic E-state index is 9.75. The number of rotatable bonds is 4. The molecule has 0 aliphatic carbocycles. The minimum atomic E-state index is -0.164. The quantitative estimate of drug-likeness (QED) is 0.515. The van der Waals surface area contributed by atoms with Crippen molar-refractivity contribution in [3.8, 4) is 17.3 Å². The molecular weight excluding hydrogens is 304 g/mol. The lowest BCUT2D eigenvalue weighted by Crippen LogP contribution is -2.01. The number of H-pyrrole nitrogens is 1. The van der Waals surface area contributed by atoms with E-state index < -0.39 is 0 Å². The van der Waals surface area contributed by atoms with E-state index >= 15 is 0 Å². The maximum atomic E-state index is 9.75. The lowest BCUT2D eigenvalue weighted by Gasteiger charge is -2.11. The molecule has 1 aromatic heterocycles. The molecule has 1 N–H and O–H groups in total. The van der Waals surface area contributed by atoms with Crippen LogP contribution in [-0.4, -0.2) is 4.98 Å². The fraction of sp³-hybridized carbons (Fsp3) is 0.0870. The summed E-state index contributed by atoms with van der Waals surface area (Å²) in [7, 11) is 0. The molecule has 0 radical (unpaired) electrons. The van der Waals surface area contributed by atoms with E-state index in [9.17, 15) is 5.26 Å². The van der Waals surface area contributed by atoms with Crippen LogP contribution in [0.25, 0.3) is 22.2 Å². The zero-order chi connectivity index (χ0) is 17.1. The normalized spacial score (nSPS) is 12.0. The highest BCUT2D eigenvalue weighted by molar-refractivity contribution is 5.90. The molecule has 0 saturated heterocycles. The molecule has 1 unspecified atom stereocenters. The Labute approximate surface area is 147 Å². The van der Waals surface area contributed by atoms with Crippen LogP contribution in [0.2, 0.25) is 0 Å². The lowest BCUT2D eigenvalue weighted by molar-refractivity contribution is 0.856. The van der Waals surface area contributed by atoms with Gasteiger partial charge in [0, 0.05) is 16.6 Å². The topological polar surface area (TPSA) is 39.6 Å². The Hall–Kier alpha value is -3.31. The molecule has 25 heavy (non-hydrogen) atoms. The minimum Gasteiger partial charge on any atom is -0.354 e. The molecule has 4 rings (SSSR count). The summed E-state index contributed by atoms with van der Waals surface area (Å²) in [6.07, 6.45) is 0.689. The number of para-hydroxylation sites is 1. The van der Waals surface area contributed by atoms with Gasteiger partial charge in [-0.05, 0) is 29.2 Å². The van der Waals surface area contributed by atoms with E-state index in [1.807, 2.05) is 54.6 Å². The van der Waals surface area contributed by atoms with Crippen LogP contribution in [0.5, 0.6) is 0 Å². The Kier molecular flexibility index (Phi) is 4.06. The molecule has 2 nitrogen and oxygen atoms in total. The van der Waals surface area contributed by atoms with Crippen LogP contribution in [0.4, 0.5) is 0 Å². The van der Waals surface area contributed by atoms with Crippen molar-refractivity contribution >= 4 is 10.9 Å². The predicted octanol–water partition coefficient (Wildman–Crippen LogP) is 5.68. The number of benzene rings is 3. The Morgan fingerprint density at radius 3 is 2.16 bits per heavy atom. The number of fused-ring (bicyclic) bond motifs is 1. The number of nitrogens with zero attached hydrogens (tertiary/aromatic N) is 1. The van der Waals surface area contributed by atoms with E-state index in [2.05, 4.69) is 41.4 Å². The Morgan fingerprint density at radius 1 is 0.800 bits per heavy atom.